The van der Waals surface area contributed by atoms with Crippen LogP contribution in [0.1, 0.15) is 16.8 Å². The number of sulfone groups is 1. The van der Waals surface area contributed by atoms with Gasteiger partial charge in [0.15, 0.2) is 9.84 Å². The third kappa shape index (κ3) is 2.70. The molecule has 0 radical (unpaired) electrons. The number of likely N-dealkylation sites (tertiary alicyclic amines) is 1. The molecule has 2 rings (SSSR count). The molecule has 0 aliphatic carbocycles. The number of rotatable bonds is 2. The Bertz CT molecular complexity index is 551. The summed E-state index contributed by atoms with van der Waals surface area (Å²) in [5.74, 6) is -0.0944. The van der Waals surface area contributed by atoms with E-state index in [4.69, 9.17) is 5.73 Å². The second-order valence-corrected chi connectivity index (χ2v) is 6.61. The lowest BCUT2D eigenvalue weighted by Gasteiger charge is -2.15. The molecule has 6 heteroatoms. The van der Waals surface area contributed by atoms with Crippen molar-refractivity contribution in [3.05, 3.63) is 29.8 Å². The third-order valence-corrected chi connectivity index (χ3v) is 4.17. The number of carbonyl (C=O) groups is 1. The van der Waals surface area contributed by atoms with E-state index < -0.39 is 9.84 Å². The maximum absolute atomic E-state index is 12.1. The molecule has 0 unspecified atom stereocenters. The largest absolute Gasteiger partial charge is 0.337 e. The molecule has 1 amide bonds. The fourth-order valence-electron chi connectivity index (χ4n) is 2.00. The molecular formula is C12H16N2O3S. The van der Waals surface area contributed by atoms with Gasteiger partial charge in [-0.1, -0.05) is 0 Å². The fourth-order valence-corrected chi connectivity index (χ4v) is 2.63. The van der Waals surface area contributed by atoms with Crippen molar-refractivity contribution in [1.82, 2.24) is 4.90 Å². The average molecular weight is 268 g/mol. The first-order chi connectivity index (χ1) is 8.38. The van der Waals surface area contributed by atoms with E-state index in [1.807, 2.05) is 0 Å². The number of nitrogens with two attached hydrogens (primary N) is 1. The summed E-state index contributed by atoms with van der Waals surface area (Å²) in [5.41, 5.74) is 6.25. The van der Waals surface area contributed by atoms with E-state index in [9.17, 15) is 13.2 Å². The molecule has 18 heavy (non-hydrogen) atoms. The Kier molecular flexibility index (Phi) is 3.41. The standard InChI is InChI=1S/C12H16N2O3S/c1-18(16,17)11-4-2-9(3-5-11)12(15)14-7-6-10(13)8-14/h2-5,10H,6-8,13H2,1H3/t10-/m1/s1. The smallest absolute Gasteiger partial charge is 0.253 e. The predicted molar refractivity (Wildman–Crippen MR) is 68.0 cm³/mol. The highest BCUT2D eigenvalue weighted by molar-refractivity contribution is 7.90. The first kappa shape index (κ1) is 13.0. The van der Waals surface area contributed by atoms with E-state index in [-0.39, 0.29) is 16.8 Å². The second-order valence-electron chi connectivity index (χ2n) is 4.60. The molecule has 1 aromatic carbocycles. The molecule has 2 N–H and O–H groups in total. The van der Waals surface area contributed by atoms with Crippen LogP contribution in [0.15, 0.2) is 29.2 Å². The van der Waals surface area contributed by atoms with Crippen LogP contribution in [0.2, 0.25) is 0 Å². The quantitative estimate of drug-likeness (QED) is 0.834. The van der Waals surface area contributed by atoms with Crippen molar-refractivity contribution in [2.24, 2.45) is 5.73 Å². The van der Waals surface area contributed by atoms with E-state index in [2.05, 4.69) is 0 Å². The molecule has 1 aliphatic rings. The number of nitrogens with zero attached hydrogens (tertiary/aromatic N) is 1. The molecule has 5 nitrogen and oxygen atoms in total. The monoisotopic (exact) mass is 268 g/mol. The number of hydrogen-bond donors (Lipinski definition) is 1. The molecule has 0 bridgehead atoms. The van der Waals surface area contributed by atoms with Gasteiger partial charge in [-0.2, -0.15) is 0 Å². The van der Waals surface area contributed by atoms with Crippen molar-refractivity contribution in [2.75, 3.05) is 19.3 Å². The molecule has 1 heterocycles. The lowest BCUT2D eigenvalue weighted by atomic mass is 10.2. The predicted octanol–water partition coefficient (Wildman–Crippen LogP) is 0.263. The summed E-state index contributed by atoms with van der Waals surface area (Å²) in [4.78, 5) is 14.0. The van der Waals surface area contributed by atoms with Crippen LogP contribution in [0.4, 0.5) is 0 Å². The zero-order valence-corrected chi connectivity index (χ0v) is 11.0. The fraction of sp³-hybridized carbons (Fsp3) is 0.417. The minimum absolute atomic E-state index is 0.0456. The van der Waals surface area contributed by atoms with E-state index in [0.717, 1.165) is 12.7 Å². The Labute approximate surface area is 107 Å². The van der Waals surface area contributed by atoms with Crippen molar-refractivity contribution >= 4 is 15.7 Å². The van der Waals surface area contributed by atoms with Gasteiger partial charge in [-0.05, 0) is 30.7 Å². The first-order valence-corrected chi connectivity index (χ1v) is 7.62. The van der Waals surface area contributed by atoms with Gasteiger partial charge in [0.1, 0.15) is 0 Å². The molecule has 1 saturated heterocycles. The molecular weight excluding hydrogens is 252 g/mol. The second kappa shape index (κ2) is 4.70. The maximum atomic E-state index is 12.1. The van der Waals surface area contributed by atoms with E-state index in [1.165, 1.54) is 12.1 Å². The van der Waals surface area contributed by atoms with Gasteiger partial charge >= 0.3 is 0 Å². The summed E-state index contributed by atoms with van der Waals surface area (Å²) in [6.45, 7) is 1.22. The van der Waals surface area contributed by atoms with Crippen LogP contribution in [-0.4, -0.2) is 44.6 Å². The molecule has 1 aliphatic heterocycles. The van der Waals surface area contributed by atoms with Gasteiger partial charge in [-0.25, -0.2) is 8.42 Å². The van der Waals surface area contributed by atoms with Crippen molar-refractivity contribution in [3.63, 3.8) is 0 Å². The van der Waals surface area contributed by atoms with Gasteiger partial charge in [-0.3, -0.25) is 4.79 Å². The summed E-state index contributed by atoms with van der Waals surface area (Å²) in [6, 6.07) is 6.05. The minimum atomic E-state index is -3.22. The van der Waals surface area contributed by atoms with Crippen molar-refractivity contribution in [3.8, 4) is 0 Å². The molecule has 0 spiro atoms. The van der Waals surface area contributed by atoms with Crippen LogP contribution >= 0.6 is 0 Å². The average Bonchev–Trinajstić information content (AvgIpc) is 2.74. The lowest BCUT2D eigenvalue weighted by molar-refractivity contribution is 0.0791. The van der Waals surface area contributed by atoms with E-state index in [0.29, 0.717) is 18.7 Å². The Hall–Kier alpha value is -1.40. The highest BCUT2D eigenvalue weighted by Gasteiger charge is 2.24. The van der Waals surface area contributed by atoms with E-state index >= 15 is 0 Å². The Morgan fingerprint density at radius 3 is 2.39 bits per heavy atom. The number of benzene rings is 1. The van der Waals surface area contributed by atoms with Gasteiger partial charge in [0.2, 0.25) is 0 Å². The minimum Gasteiger partial charge on any atom is -0.337 e. The van der Waals surface area contributed by atoms with Gasteiger partial charge in [0.05, 0.1) is 4.90 Å². The number of amides is 1. The SMILES string of the molecule is CS(=O)(=O)c1ccc(C(=O)N2CC[C@@H](N)C2)cc1. The summed E-state index contributed by atoms with van der Waals surface area (Å²) in [7, 11) is -3.22. The summed E-state index contributed by atoms with van der Waals surface area (Å²) < 4.78 is 22.6. The van der Waals surface area contributed by atoms with Gasteiger partial charge < -0.3 is 10.6 Å². The van der Waals surface area contributed by atoms with Crippen LogP contribution < -0.4 is 5.73 Å². The Morgan fingerprint density at radius 1 is 1.33 bits per heavy atom. The van der Waals surface area contributed by atoms with Crippen molar-refractivity contribution in [2.45, 2.75) is 17.4 Å². The Morgan fingerprint density at radius 2 is 1.94 bits per heavy atom. The summed E-state index contributed by atoms with van der Waals surface area (Å²) >= 11 is 0. The first-order valence-electron chi connectivity index (χ1n) is 5.73. The highest BCUT2D eigenvalue weighted by Crippen LogP contribution is 2.15. The van der Waals surface area contributed by atoms with Gasteiger partial charge in [-0.15, -0.1) is 0 Å². The highest BCUT2D eigenvalue weighted by atomic mass is 32.2. The zero-order valence-electron chi connectivity index (χ0n) is 10.2. The van der Waals surface area contributed by atoms with Crippen LogP contribution in [0, 0.1) is 0 Å². The van der Waals surface area contributed by atoms with E-state index in [1.54, 1.807) is 17.0 Å². The van der Waals surface area contributed by atoms with Gasteiger partial charge in [0, 0.05) is 31.0 Å². The zero-order chi connectivity index (χ0) is 13.3. The topological polar surface area (TPSA) is 80.5 Å². The third-order valence-electron chi connectivity index (χ3n) is 3.04. The van der Waals surface area contributed by atoms with Crippen LogP contribution in [0.25, 0.3) is 0 Å². The van der Waals surface area contributed by atoms with Crippen molar-refractivity contribution < 1.29 is 13.2 Å². The Balaban J connectivity index is 2.17. The normalized spacial score (nSPS) is 20.1. The molecule has 98 valence electrons. The molecule has 0 aromatic heterocycles. The summed E-state index contributed by atoms with van der Waals surface area (Å²) in [5, 5.41) is 0. The molecule has 1 atom stereocenters. The number of carbonyl (C=O) groups excluding carboxylic acids is 1. The van der Waals surface area contributed by atoms with Crippen molar-refractivity contribution in [1.29, 1.82) is 0 Å². The maximum Gasteiger partial charge on any atom is 0.253 e. The van der Waals surface area contributed by atoms with Crippen LogP contribution in [0.5, 0.6) is 0 Å². The molecule has 1 aromatic rings. The lowest BCUT2D eigenvalue weighted by Crippen LogP contribution is -2.31. The van der Waals surface area contributed by atoms with Crippen LogP contribution in [0.3, 0.4) is 0 Å². The summed E-state index contributed by atoms with van der Waals surface area (Å²) in [6.07, 6.45) is 1.95. The van der Waals surface area contributed by atoms with Crippen LogP contribution in [-0.2, 0) is 9.84 Å². The molecule has 1 fully saturated rings. The number of hydrogen-bond acceptors (Lipinski definition) is 4. The molecule has 0 saturated carbocycles. The van der Waals surface area contributed by atoms with Gasteiger partial charge in [0.25, 0.3) is 5.91 Å².